The fourth-order valence-electron chi connectivity index (χ4n) is 3.91. The van der Waals surface area contributed by atoms with Crippen LogP contribution in [0.2, 0.25) is 0 Å². The van der Waals surface area contributed by atoms with E-state index in [0.717, 1.165) is 6.42 Å². The second-order valence-electron chi connectivity index (χ2n) is 8.05. The van der Waals surface area contributed by atoms with Crippen molar-refractivity contribution in [3.05, 3.63) is 41.6 Å². The van der Waals surface area contributed by atoms with Gasteiger partial charge < -0.3 is 5.32 Å². The van der Waals surface area contributed by atoms with Crippen molar-refractivity contribution in [1.82, 2.24) is 14.1 Å². The molecule has 0 aliphatic carbocycles. The van der Waals surface area contributed by atoms with E-state index in [1.54, 1.807) is 29.8 Å². The van der Waals surface area contributed by atoms with Crippen LogP contribution in [0.3, 0.4) is 0 Å². The maximum absolute atomic E-state index is 13.1. The SMILES string of the molecule is Cc1cc(NC(=O)c2cccc(S(=O)(=O)N3CC(C)CC(C)C3)c2)n(CCC#N)n1. The molecule has 0 spiro atoms. The molecule has 2 heterocycles. The molecule has 1 N–H and O–H groups in total. The van der Waals surface area contributed by atoms with E-state index in [-0.39, 0.29) is 16.9 Å². The van der Waals surface area contributed by atoms with Gasteiger partial charge in [-0.2, -0.15) is 14.7 Å². The number of carbonyl (C=O) groups is 1. The summed E-state index contributed by atoms with van der Waals surface area (Å²) in [4.78, 5) is 12.9. The first-order valence-corrected chi connectivity index (χ1v) is 11.5. The first kappa shape index (κ1) is 22.0. The standard InChI is InChI=1S/C21H27N5O3S/c1-15-10-16(2)14-25(13-15)30(28,29)19-7-4-6-18(12-19)21(27)23-20-11-17(3)24-26(20)9-5-8-22/h4,6-7,11-12,15-16H,5,9-10,13-14H2,1-3H3,(H,23,27). The van der Waals surface area contributed by atoms with Crippen LogP contribution in [-0.2, 0) is 16.6 Å². The van der Waals surface area contributed by atoms with Crippen LogP contribution in [0.4, 0.5) is 5.82 Å². The Balaban J connectivity index is 1.82. The zero-order valence-electron chi connectivity index (χ0n) is 17.5. The highest BCUT2D eigenvalue weighted by Gasteiger charge is 2.32. The highest BCUT2D eigenvalue weighted by molar-refractivity contribution is 7.89. The lowest BCUT2D eigenvalue weighted by atomic mass is 9.94. The van der Waals surface area contributed by atoms with Crippen LogP contribution in [0, 0.1) is 30.1 Å². The minimum absolute atomic E-state index is 0.116. The number of amides is 1. The lowest BCUT2D eigenvalue weighted by molar-refractivity contribution is 0.102. The summed E-state index contributed by atoms with van der Waals surface area (Å²) in [6.45, 7) is 7.24. The van der Waals surface area contributed by atoms with Crippen molar-refractivity contribution in [3.63, 3.8) is 0 Å². The van der Waals surface area contributed by atoms with E-state index in [0.29, 0.717) is 43.0 Å². The summed E-state index contributed by atoms with van der Waals surface area (Å²) in [6, 6.07) is 9.87. The predicted octanol–water partition coefficient (Wildman–Crippen LogP) is 3.02. The van der Waals surface area contributed by atoms with Gasteiger partial charge in [0.2, 0.25) is 10.0 Å². The quantitative estimate of drug-likeness (QED) is 0.759. The molecular weight excluding hydrogens is 402 g/mol. The summed E-state index contributed by atoms with van der Waals surface area (Å²) in [7, 11) is -3.67. The number of nitrogens with one attached hydrogen (secondary N) is 1. The number of aryl methyl sites for hydroxylation is 2. The van der Waals surface area contributed by atoms with Gasteiger partial charge in [-0.15, -0.1) is 0 Å². The monoisotopic (exact) mass is 429 g/mol. The van der Waals surface area contributed by atoms with Crippen LogP contribution in [0.5, 0.6) is 0 Å². The van der Waals surface area contributed by atoms with Crippen LogP contribution in [0.1, 0.15) is 42.7 Å². The first-order chi connectivity index (χ1) is 14.2. The summed E-state index contributed by atoms with van der Waals surface area (Å²) >= 11 is 0. The van der Waals surface area contributed by atoms with Gasteiger partial charge in [0.05, 0.1) is 29.6 Å². The van der Waals surface area contributed by atoms with Gasteiger partial charge in [-0.25, -0.2) is 13.1 Å². The number of benzene rings is 1. The van der Waals surface area contributed by atoms with Crippen molar-refractivity contribution in [2.24, 2.45) is 11.8 Å². The average molecular weight is 430 g/mol. The summed E-state index contributed by atoms with van der Waals surface area (Å²) in [5.74, 6) is 0.643. The van der Waals surface area contributed by atoms with Crippen molar-refractivity contribution in [2.45, 2.75) is 45.1 Å². The molecule has 0 bridgehead atoms. The number of hydrogen-bond acceptors (Lipinski definition) is 5. The van der Waals surface area contributed by atoms with Crippen LogP contribution in [0.15, 0.2) is 35.2 Å². The second-order valence-corrected chi connectivity index (χ2v) is 9.99. The van der Waals surface area contributed by atoms with Crippen LogP contribution < -0.4 is 5.32 Å². The number of nitriles is 1. The number of rotatable bonds is 6. The van der Waals surface area contributed by atoms with E-state index in [4.69, 9.17) is 5.26 Å². The fourth-order valence-corrected chi connectivity index (χ4v) is 5.64. The molecule has 0 saturated carbocycles. The Labute approximate surface area is 177 Å². The lowest BCUT2D eigenvalue weighted by Crippen LogP contribution is -2.42. The van der Waals surface area contributed by atoms with E-state index in [9.17, 15) is 13.2 Å². The van der Waals surface area contributed by atoms with Gasteiger partial charge >= 0.3 is 0 Å². The number of nitrogens with zero attached hydrogens (tertiary/aromatic N) is 4. The molecular formula is C21H27N5O3S. The minimum Gasteiger partial charge on any atom is -0.307 e. The fraction of sp³-hybridized carbons (Fsp3) is 0.476. The summed E-state index contributed by atoms with van der Waals surface area (Å²) in [5, 5.41) is 15.8. The van der Waals surface area contributed by atoms with E-state index in [2.05, 4.69) is 30.3 Å². The second kappa shape index (κ2) is 8.98. The number of sulfonamides is 1. The molecule has 2 unspecified atom stereocenters. The van der Waals surface area contributed by atoms with Crippen LogP contribution in [0.25, 0.3) is 0 Å². The predicted molar refractivity (Wildman–Crippen MR) is 113 cm³/mol. The van der Waals surface area contributed by atoms with Crippen LogP contribution >= 0.6 is 0 Å². The Kier molecular flexibility index (Phi) is 6.58. The molecule has 1 aliphatic heterocycles. The molecule has 1 aromatic heterocycles. The molecule has 2 aromatic rings. The van der Waals surface area contributed by atoms with Gasteiger partial charge in [0.25, 0.3) is 5.91 Å². The zero-order valence-corrected chi connectivity index (χ0v) is 18.3. The molecule has 160 valence electrons. The summed E-state index contributed by atoms with van der Waals surface area (Å²) < 4.78 is 29.4. The van der Waals surface area contributed by atoms with Crippen molar-refractivity contribution >= 4 is 21.7 Å². The van der Waals surface area contributed by atoms with Crippen molar-refractivity contribution in [2.75, 3.05) is 18.4 Å². The molecule has 1 amide bonds. The van der Waals surface area contributed by atoms with E-state index >= 15 is 0 Å². The number of aromatic nitrogens is 2. The highest BCUT2D eigenvalue weighted by atomic mass is 32.2. The van der Waals surface area contributed by atoms with Crippen LogP contribution in [-0.4, -0.2) is 41.5 Å². The van der Waals surface area contributed by atoms with Gasteiger partial charge in [0.1, 0.15) is 5.82 Å². The highest BCUT2D eigenvalue weighted by Crippen LogP contribution is 2.27. The first-order valence-electron chi connectivity index (χ1n) is 10.0. The third kappa shape index (κ3) is 4.89. The van der Waals surface area contributed by atoms with Crippen molar-refractivity contribution in [3.8, 4) is 6.07 Å². The molecule has 9 heteroatoms. The Morgan fingerprint density at radius 3 is 2.63 bits per heavy atom. The Bertz CT molecular complexity index is 1060. The number of hydrogen-bond donors (Lipinski definition) is 1. The largest absolute Gasteiger partial charge is 0.307 e. The van der Waals surface area contributed by atoms with Gasteiger partial charge in [0.15, 0.2) is 0 Å². The molecule has 2 atom stereocenters. The number of carbonyl (C=O) groups excluding carboxylic acids is 1. The molecule has 1 aliphatic rings. The molecule has 1 fully saturated rings. The molecule has 1 aromatic carbocycles. The molecule has 1 saturated heterocycles. The lowest BCUT2D eigenvalue weighted by Gasteiger charge is -2.34. The topological polar surface area (TPSA) is 108 Å². The molecule has 30 heavy (non-hydrogen) atoms. The Morgan fingerprint density at radius 2 is 1.97 bits per heavy atom. The van der Waals surface area contributed by atoms with E-state index < -0.39 is 15.9 Å². The van der Waals surface area contributed by atoms with Gasteiger partial charge in [-0.1, -0.05) is 19.9 Å². The van der Waals surface area contributed by atoms with Crippen molar-refractivity contribution in [1.29, 1.82) is 5.26 Å². The Hall–Kier alpha value is -2.70. The van der Waals surface area contributed by atoms with E-state index in [1.165, 1.54) is 16.4 Å². The van der Waals surface area contributed by atoms with Gasteiger partial charge in [0, 0.05) is 24.7 Å². The summed E-state index contributed by atoms with van der Waals surface area (Å²) in [5.41, 5.74) is 0.966. The maximum Gasteiger partial charge on any atom is 0.256 e. The third-order valence-electron chi connectivity index (χ3n) is 5.15. The third-order valence-corrected chi connectivity index (χ3v) is 6.98. The zero-order chi connectivity index (χ0) is 21.9. The van der Waals surface area contributed by atoms with Gasteiger partial charge in [-0.05, 0) is 43.4 Å². The van der Waals surface area contributed by atoms with E-state index in [1.807, 2.05) is 0 Å². The molecule has 3 rings (SSSR count). The number of anilines is 1. The maximum atomic E-state index is 13.1. The van der Waals surface area contributed by atoms with Gasteiger partial charge in [-0.3, -0.25) is 4.79 Å². The molecule has 8 nitrogen and oxygen atoms in total. The average Bonchev–Trinajstić information content (AvgIpc) is 3.04. The Morgan fingerprint density at radius 1 is 1.27 bits per heavy atom. The normalized spacial score (nSPS) is 19.9. The number of piperidine rings is 1. The summed E-state index contributed by atoms with van der Waals surface area (Å²) in [6.07, 6.45) is 1.28. The smallest absolute Gasteiger partial charge is 0.256 e. The molecule has 0 radical (unpaired) electrons. The minimum atomic E-state index is -3.67. The van der Waals surface area contributed by atoms with Crippen molar-refractivity contribution < 1.29 is 13.2 Å².